The largest absolute Gasteiger partial charge is 0.416 e. The average molecular weight is 488 g/mol. The standard InChI is InChI=1S/C23H16F3N3O2S2/c24-23(25,26)15-11-9-14(10-12-15)21(31)28-17-6-2-1-5-16(17)27-20(30)13-32-22-29-18-7-3-4-8-19(18)33-22/h1-12H,13H2,(H,27,30)(H,28,31). The van der Waals surface area contributed by atoms with Crippen LogP contribution < -0.4 is 10.6 Å². The summed E-state index contributed by atoms with van der Waals surface area (Å²) in [6.45, 7) is 0. The molecule has 0 fully saturated rings. The molecule has 2 N–H and O–H groups in total. The second kappa shape index (κ2) is 9.63. The van der Waals surface area contributed by atoms with Gasteiger partial charge in [-0.05, 0) is 48.5 Å². The van der Waals surface area contributed by atoms with Crippen molar-refractivity contribution in [2.24, 2.45) is 0 Å². The van der Waals surface area contributed by atoms with Crippen LogP contribution in [-0.2, 0) is 11.0 Å². The first-order valence-corrected chi connectivity index (χ1v) is 11.5. The number of hydrogen-bond donors (Lipinski definition) is 2. The molecule has 1 heterocycles. The highest BCUT2D eigenvalue weighted by Crippen LogP contribution is 2.31. The zero-order valence-electron chi connectivity index (χ0n) is 16.8. The number of thiazole rings is 1. The number of nitrogens with zero attached hydrogens (tertiary/aromatic N) is 1. The number of alkyl halides is 3. The molecule has 0 spiro atoms. The van der Waals surface area contributed by atoms with Crippen molar-refractivity contribution >= 4 is 56.5 Å². The van der Waals surface area contributed by atoms with Gasteiger partial charge in [-0.3, -0.25) is 9.59 Å². The minimum atomic E-state index is -4.48. The molecule has 4 aromatic rings. The maximum atomic E-state index is 12.7. The Hall–Kier alpha value is -3.37. The first-order chi connectivity index (χ1) is 15.8. The molecule has 168 valence electrons. The lowest BCUT2D eigenvalue weighted by Crippen LogP contribution is -2.18. The van der Waals surface area contributed by atoms with E-state index in [2.05, 4.69) is 15.6 Å². The Kier molecular flexibility index (Phi) is 6.66. The smallest absolute Gasteiger partial charge is 0.324 e. The van der Waals surface area contributed by atoms with Crippen LogP contribution in [0.1, 0.15) is 15.9 Å². The Morgan fingerprint density at radius 3 is 2.18 bits per heavy atom. The Morgan fingerprint density at radius 1 is 0.879 bits per heavy atom. The van der Waals surface area contributed by atoms with Gasteiger partial charge < -0.3 is 10.6 Å². The molecule has 2 amide bonds. The summed E-state index contributed by atoms with van der Waals surface area (Å²) in [5.74, 6) is -0.745. The van der Waals surface area contributed by atoms with Crippen LogP contribution in [0.25, 0.3) is 10.2 Å². The van der Waals surface area contributed by atoms with E-state index in [9.17, 15) is 22.8 Å². The van der Waals surface area contributed by atoms with Crippen molar-refractivity contribution in [1.82, 2.24) is 4.98 Å². The second-order valence-electron chi connectivity index (χ2n) is 6.86. The summed E-state index contributed by atoms with van der Waals surface area (Å²) < 4.78 is 40.0. The van der Waals surface area contributed by atoms with Crippen LogP contribution >= 0.6 is 23.1 Å². The molecular weight excluding hydrogens is 471 g/mol. The number of nitrogens with one attached hydrogen (secondary N) is 2. The number of rotatable bonds is 6. The van der Waals surface area contributed by atoms with Gasteiger partial charge in [0.1, 0.15) is 0 Å². The van der Waals surface area contributed by atoms with Gasteiger partial charge in [0, 0.05) is 5.56 Å². The summed E-state index contributed by atoms with van der Waals surface area (Å²) in [7, 11) is 0. The molecule has 0 aliphatic rings. The summed E-state index contributed by atoms with van der Waals surface area (Å²) in [5, 5.41) is 5.38. The third-order valence-electron chi connectivity index (χ3n) is 4.52. The SMILES string of the molecule is O=C(CSc1nc2ccccc2s1)Nc1ccccc1NC(=O)c1ccc(C(F)(F)F)cc1. The summed E-state index contributed by atoms with van der Waals surface area (Å²) in [6, 6.07) is 18.2. The van der Waals surface area contributed by atoms with Crippen molar-refractivity contribution in [3.63, 3.8) is 0 Å². The summed E-state index contributed by atoms with van der Waals surface area (Å²) >= 11 is 2.81. The van der Waals surface area contributed by atoms with Gasteiger partial charge in [-0.25, -0.2) is 4.98 Å². The predicted octanol–water partition coefficient (Wildman–Crippen LogP) is 6.30. The minimum absolute atomic E-state index is 0.0653. The Morgan fingerprint density at radius 2 is 1.52 bits per heavy atom. The lowest BCUT2D eigenvalue weighted by atomic mass is 10.1. The van der Waals surface area contributed by atoms with Crippen LogP contribution in [0.2, 0.25) is 0 Å². The lowest BCUT2D eigenvalue weighted by molar-refractivity contribution is -0.137. The molecule has 10 heteroatoms. The highest BCUT2D eigenvalue weighted by Gasteiger charge is 2.30. The third-order valence-corrected chi connectivity index (χ3v) is 6.70. The summed E-state index contributed by atoms with van der Waals surface area (Å²) in [5.41, 5.74) is 0.822. The fourth-order valence-corrected chi connectivity index (χ4v) is 4.80. The van der Waals surface area contributed by atoms with Crippen molar-refractivity contribution in [2.75, 3.05) is 16.4 Å². The van der Waals surface area contributed by atoms with Crippen molar-refractivity contribution in [3.8, 4) is 0 Å². The second-order valence-corrected chi connectivity index (χ2v) is 9.11. The number of carbonyl (C=O) groups excluding carboxylic acids is 2. The number of para-hydroxylation sites is 3. The molecule has 0 bridgehead atoms. The number of anilines is 2. The van der Waals surface area contributed by atoms with E-state index in [0.717, 1.165) is 38.8 Å². The van der Waals surface area contributed by atoms with Gasteiger partial charge >= 0.3 is 6.18 Å². The molecule has 0 atom stereocenters. The van der Waals surface area contributed by atoms with Gasteiger partial charge in [-0.15, -0.1) is 11.3 Å². The van der Waals surface area contributed by atoms with E-state index in [1.54, 1.807) is 24.3 Å². The molecule has 0 saturated carbocycles. The highest BCUT2D eigenvalue weighted by molar-refractivity contribution is 8.01. The Balaban J connectivity index is 1.39. The van der Waals surface area contributed by atoms with Gasteiger partial charge in [0.05, 0.1) is 32.9 Å². The maximum absolute atomic E-state index is 12.7. The topological polar surface area (TPSA) is 71.1 Å². The molecule has 5 nitrogen and oxygen atoms in total. The summed E-state index contributed by atoms with van der Waals surface area (Å²) in [6.07, 6.45) is -4.48. The maximum Gasteiger partial charge on any atom is 0.416 e. The van der Waals surface area contributed by atoms with E-state index < -0.39 is 17.6 Å². The van der Waals surface area contributed by atoms with E-state index in [-0.39, 0.29) is 17.2 Å². The number of halogens is 3. The molecule has 4 rings (SSSR count). The fourth-order valence-electron chi connectivity index (χ4n) is 2.93. The van der Waals surface area contributed by atoms with Crippen molar-refractivity contribution in [2.45, 2.75) is 10.5 Å². The Labute approximate surface area is 195 Å². The molecule has 0 radical (unpaired) electrons. The molecular formula is C23H16F3N3O2S2. The normalized spacial score (nSPS) is 11.4. The van der Waals surface area contributed by atoms with Crippen LogP contribution in [0.4, 0.5) is 24.5 Å². The number of amides is 2. The van der Waals surface area contributed by atoms with Gasteiger partial charge in [-0.2, -0.15) is 13.2 Å². The average Bonchev–Trinajstić information content (AvgIpc) is 3.21. The lowest BCUT2D eigenvalue weighted by Gasteiger charge is -2.12. The van der Waals surface area contributed by atoms with Gasteiger partial charge in [0.25, 0.3) is 5.91 Å². The van der Waals surface area contributed by atoms with Gasteiger partial charge in [0.15, 0.2) is 4.34 Å². The minimum Gasteiger partial charge on any atom is -0.324 e. The van der Waals surface area contributed by atoms with Gasteiger partial charge in [-0.1, -0.05) is 36.0 Å². The van der Waals surface area contributed by atoms with Crippen molar-refractivity contribution in [3.05, 3.63) is 83.9 Å². The van der Waals surface area contributed by atoms with E-state index in [1.165, 1.54) is 23.1 Å². The quantitative estimate of drug-likeness (QED) is 0.313. The molecule has 3 aromatic carbocycles. The van der Waals surface area contributed by atoms with Gasteiger partial charge in [0.2, 0.25) is 5.91 Å². The van der Waals surface area contributed by atoms with Crippen LogP contribution in [0.15, 0.2) is 77.1 Å². The molecule has 0 unspecified atom stereocenters. The van der Waals surface area contributed by atoms with Crippen LogP contribution in [0, 0.1) is 0 Å². The monoisotopic (exact) mass is 487 g/mol. The summed E-state index contributed by atoms with van der Waals surface area (Å²) in [4.78, 5) is 29.4. The molecule has 0 saturated heterocycles. The van der Waals surface area contributed by atoms with Crippen LogP contribution in [-0.4, -0.2) is 22.6 Å². The van der Waals surface area contributed by atoms with E-state index in [1.807, 2.05) is 24.3 Å². The zero-order chi connectivity index (χ0) is 23.4. The zero-order valence-corrected chi connectivity index (χ0v) is 18.5. The van der Waals surface area contributed by atoms with E-state index in [0.29, 0.717) is 11.4 Å². The highest BCUT2D eigenvalue weighted by atomic mass is 32.2. The number of aromatic nitrogens is 1. The number of carbonyl (C=O) groups is 2. The first kappa shape index (κ1) is 22.8. The third kappa shape index (κ3) is 5.71. The van der Waals surface area contributed by atoms with E-state index >= 15 is 0 Å². The van der Waals surface area contributed by atoms with Crippen molar-refractivity contribution in [1.29, 1.82) is 0 Å². The molecule has 33 heavy (non-hydrogen) atoms. The number of hydrogen-bond acceptors (Lipinski definition) is 5. The molecule has 1 aromatic heterocycles. The molecule has 0 aliphatic carbocycles. The fraction of sp³-hybridized carbons (Fsp3) is 0.0870. The first-order valence-electron chi connectivity index (χ1n) is 9.65. The number of fused-ring (bicyclic) bond motifs is 1. The predicted molar refractivity (Wildman–Crippen MR) is 125 cm³/mol. The number of benzene rings is 3. The van der Waals surface area contributed by atoms with E-state index in [4.69, 9.17) is 0 Å². The van der Waals surface area contributed by atoms with Crippen LogP contribution in [0.3, 0.4) is 0 Å². The van der Waals surface area contributed by atoms with Crippen LogP contribution in [0.5, 0.6) is 0 Å². The van der Waals surface area contributed by atoms with Crippen molar-refractivity contribution < 1.29 is 22.8 Å². The Bertz CT molecular complexity index is 1270. The molecule has 0 aliphatic heterocycles. The number of thioether (sulfide) groups is 1.